The molecule has 0 bridgehead atoms. The van der Waals surface area contributed by atoms with Gasteiger partial charge in [-0.25, -0.2) is 28.5 Å². The van der Waals surface area contributed by atoms with Gasteiger partial charge in [0.1, 0.15) is 29.6 Å². The van der Waals surface area contributed by atoms with Gasteiger partial charge in [-0.05, 0) is 48.4 Å². The standard InChI is InChI=1S/C28H20ClF3N6O4/c29-15-1-2-16(33-10-15)13-42-27-21(32)11-34-25(37-27)18-9-19(30)14(7-20(18)31)8-24-35-22-3-4-23(28(39)40)36-26(22)38(24)12-17-5-6-41-17/h1-4,7,9-11,17H,5-6,8,12-13H2,(H,39,40). The topological polar surface area (TPSA) is 125 Å². The fraction of sp³-hybridized carbons (Fsp3) is 0.214. The first-order valence-corrected chi connectivity index (χ1v) is 13.1. The Bertz CT molecular complexity index is 1810. The van der Waals surface area contributed by atoms with Gasteiger partial charge in [0.15, 0.2) is 17.2 Å². The monoisotopic (exact) mass is 596 g/mol. The third-order valence-electron chi connectivity index (χ3n) is 6.65. The molecule has 1 aliphatic heterocycles. The minimum atomic E-state index is -1.20. The zero-order valence-electron chi connectivity index (χ0n) is 21.6. The molecule has 4 aromatic heterocycles. The fourth-order valence-electron chi connectivity index (χ4n) is 4.41. The Morgan fingerprint density at radius 2 is 1.88 bits per heavy atom. The Morgan fingerprint density at radius 3 is 2.60 bits per heavy atom. The van der Waals surface area contributed by atoms with E-state index in [4.69, 9.17) is 21.1 Å². The third-order valence-corrected chi connectivity index (χ3v) is 6.88. The molecule has 1 atom stereocenters. The van der Waals surface area contributed by atoms with Gasteiger partial charge in [0.05, 0.1) is 35.1 Å². The van der Waals surface area contributed by atoms with Gasteiger partial charge in [-0.2, -0.15) is 9.37 Å². The molecule has 1 aliphatic rings. The summed E-state index contributed by atoms with van der Waals surface area (Å²) in [6, 6.07) is 7.94. The Kier molecular flexibility index (Phi) is 7.43. The highest BCUT2D eigenvalue weighted by atomic mass is 35.5. The molecule has 0 radical (unpaired) electrons. The molecule has 1 aromatic carbocycles. The van der Waals surface area contributed by atoms with E-state index in [1.54, 1.807) is 16.7 Å². The number of benzene rings is 1. The first-order valence-electron chi connectivity index (χ1n) is 12.7. The van der Waals surface area contributed by atoms with Crippen molar-refractivity contribution in [2.75, 3.05) is 6.61 Å². The Labute approximate surface area is 240 Å². The number of aromatic carboxylic acids is 1. The van der Waals surface area contributed by atoms with E-state index in [1.807, 2.05) is 0 Å². The van der Waals surface area contributed by atoms with Gasteiger partial charge in [-0.3, -0.25) is 4.98 Å². The number of carboxylic acids is 1. The Balaban J connectivity index is 1.29. The highest BCUT2D eigenvalue weighted by Gasteiger charge is 2.24. The Morgan fingerprint density at radius 1 is 1.05 bits per heavy atom. The van der Waals surface area contributed by atoms with Gasteiger partial charge in [-0.15, -0.1) is 0 Å². The van der Waals surface area contributed by atoms with E-state index in [1.165, 1.54) is 18.3 Å². The van der Waals surface area contributed by atoms with Crippen molar-refractivity contribution < 1.29 is 32.5 Å². The van der Waals surface area contributed by atoms with Crippen molar-refractivity contribution >= 4 is 28.7 Å². The fourth-order valence-corrected chi connectivity index (χ4v) is 4.52. The molecule has 0 aliphatic carbocycles. The van der Waals surface area contributed by atoms with Crippen LogP contribution in [0.1, 0.15) is 34.0 Å². The SMILES string of the molecule is O=C(O)c1ccc2nc(Cc3cc(F)c(-c4ncc(F)c(OCc5ccc(Cl)cn5)n4)cc3F)n(CC3CCO3)c2n1. The molecule has 10 nitrogen and oxygen atoms in total. The predicted octanol–water partition coefficient (Wildman–Crippen LogP) is 5.01. The lowest BCUT2D eigenvalue weighted by atomic mass is 10.1. The summed E-state index contributed by atoms with van der Waals surface area (Å²) in [5.41, 5.74) is 0.679. The van der Waals surface area contributed by atoms with Crippen LogP contribution < -0.4 is 4.74 Å². The molecule has 1 N–H and O–H groups in total. The lowest BCUT2D eigenvalue weighted by Gasteiger charge is -2.27. The van der Waals surface area contributed by atoms with Crippen LogP contribution in [0.15, 0.2) is 48.8 Å². The number of aromatic nitrogens is 6. The molecule has 5 heterocycles. The molecular formula is C28H20ClF3N6O4. The van der Waals surface area contributed by atoms with Crippen LogP contribution in [-0.4, -0.2) is 53.3 Å². The van der Waals surface area contributed by atoms with E-state index in [2.05, 4.69) is 24.9 Å². The Hall–Kier alpha value is -4.62. The van der Waals surface area contributed by atoms with Crippen molar-refractivity contribution in [1.82, 2.24) is 29.5 Å². The summed E-state index contributed by atoms with van der Waals surface area (Å²) in [5, 5.41) is 9.79. The average molecular weight is 597 g/mol. The van der Waals surface area contributed by atoms with Gasteiger partial charge in [-0.1, -0.05) is 11.6 Å². The van der Waals surface area contributed by atoms with E-state index >= 15 is 8.78 Å². The highest BCUT2D eigenvalue weighted by Crippen LogP contribution is 2.28. The average Bonchev–Trinajstić information content (AvgIpc) is 3.29. The van der Waals surface area contributed by atoms with E-state index in [0.717, 1.165) is 24.8 Å². The van der Waals surface area contributed by atoms with Crippen molar-refractivity contribution in [3.8, 4) is 17.3 Å². The number of halogens is 4. The zero-order valence-corrected chi connectivity index (χ0v) is 22.4. The largest absolute Gasteiger partial charge is 0.477 e. The number of hydrogen-bond acceptors (Lipinski definition) is 8. The molecule has 0 saturated carbocycles. The molecule has 214 valence electrons. The number of carbonyl (C=O) groups is 1. The minimum absolute atomic E-state index is 0.0202. The van der Waals surface area contributed by atoms with Crippen molar-refractivity contribution in [1.29, 1.82) is 0 Å². The normalized spacial score (nSPS) is 14.6. The second-order valence-electron chi connectivity index (χ2n) is 9.47. The van der Waals surface area contributed by atoms with E-state index < -0.39 is 29.3 Å². The second-order valence-corrected chi connectivity index (χ2v) is 9.90. The summed E-state index contributed by atoms with van der Waals surface area (Å²) in [5.74, 6) is -4.10. The predicted molar refractivity (Wildman–Crippen MR) is 143 cm³/mol. The van der Waals surface area contributed by atoms with Crippen molar-refractivity contribution in [2.24, 2.45) is 0 Å². The molecule has 1 unspecified atom stereocenters. The quantitative estimate of drug-likeness (QED) is 0.250. The number of hydrogen-bond donors (Lipinski definition) is 1. The number of pyridine rings is 2. The van der Waals surface area contributed by atoms with Crippen LogP contribution in [0.3, 0.4) is 0 Å². The molecular weight excluding hydrogens is 577 g/mol. The highest BCUT2D eigenvalue weighted by molar-refractivity contribution is 6.30. The molecule has 5 aromatic rings. The van der Waals surface area contributed by atoms with Gasteiger partial charge < -0.3 is 19.1 Å². The van der Waals surface area contributed by atoms with Crippen LogP contribution in [0.2, 0.25) is 5.02 Å². The minimum Gasteiger partial charge on any atom is -0.477 e. The van der Waals surface area contributed by atoms with Crippen LogP contribution >= 0.6 is 11.6 Å². The number of nitrogens with zero attached hydrogens (tertiary/aromatic N) is 6. The lowest BCUT2D eigenvalue weighted by molar-refractivity contribution is -0.0590. The maximum atomic E-state index is 15.4. The maximum Gasteiger partial charge on any atom is 0.354 e. The third kappa shape index (κ3) is 5.60. The van der Waals surface area contributed by atoms with Gasteiger partial charge in [0.2, 0.25) is 5.82 Å². The van der Waals surface area contributed by atoms with Gasteiger partial charge in [0.25, 0.3) is 5.88 Å². The molecule has 0 spiro atoms. The summed E-state index contributed by atoms with van der Waals surface area (Å²) >= 11 is 5.81. The molecule has 1 fully saturated rings. The van der Waals surface area contributed by atoms with Crippen molar-refractivity contribution in [2.45, 2.75) is 32.1 Å². The molecule has 6 rings (SSSR count). The van der Waals surface area contributed by atoms with E-state index in [-0.39, 0.29) is 41.8 Å². The molecule has 42 heavy (non-hydrogen) atoms. The van der Waals surface area contributed by atoms with Crippen LogP contribution in [0.4, 0.5) is 13.2 Å². The summed E-state index contributed by atoms with van der Waals surface area (Å²) in [6.45, 7) is 0.774. The van der Waals surface area contributed by atoms with Crippen LogP contribution in [-0.2, 0) is 24.3 Å². The van der Waals surface area contributed by atoms with Gasteiger partial charge >= 0.3 is 5.97 Å². The van der Waals surface area contributed by atoms with Crippen LogP contribution in [0.25, 0.3) is 22.6 Å². The summed E-state index contributed by atoms with van der Waals surface area (Å²) in [4.78, 5) is 32.0. The number of carboxylic acid groups (broad SMARTS) is 1. The summed E-state index contributed by atoms with van der Waals surface area (Å²) < 4.78 is 57.6. The van der Waals surface area contributed by atoms with Gasteiger partial charge in [0, 0.05) is 19.2 Å². The smallest absolute Gasteiger partial charge is 0.354 e. The summed E-state index contributed by atoms with van der Waals surface area (Å²) in [6.07, 6.45) is 2.74. The van der Waals surface area contributed by atoms with Crippen LogP contribution in [0, 0.1) is 17.5 Å². The number of ether oxygens (including phenoxy) is 2. The van der Waals surface area contributed by atoms with Crippen molar-refractivity contribution in [3.63, 3.8) is 0 Å². The first-order chi connectivity index (χ1) is 20.2. The van der Waals surface area contributed by atoms with Crippen molar-refractivity contribution in [3.05, 3.63) is 94.0 Å². The summed E-state index contributed by atoms with van der Waals surface area (Å²) in [7, 11) is 0. The first kappa shape index (κ1) is 27.5. The van der Waals surface area contributed by atoms with E-state index in [9.17, 15) is 14.3 Å². The second kappa shape index (κ2) is 11.3. The van der Waals surface area contributed by atoms with E-state index in [0.29, 0.717) is 40.9 Å². The number of fused-ring (bicyclic) bond motifs is 1. The maximum absolute atomic E-state index is 15.4. The molecule has 14 heteroatoms. The molecule has 1 saturated heterocycles. The molecule has 0 amide bonds. The number of imidazole rings is 1. The zero-order chi connectivity index (χ0) is 29.4. The lowest BCUT2D eigenvalue weighted by Crippen LogP contribution is -2.32. The number of rotatable bonds is 9. The van der Waals surface area contributed by atoms with Crippen LogP contribution in [0.5, 0.6) is 5.88 Å².